The van der Waals surface area contributed by atoms with E-state index in [4.69, 9.17) is 0 Å². The van der Waals surface area contributed by atoms with E-state index in [0.717, 1.165) is 37.7 Å². The van der Waals surface area contributed by atoms with Crippen molar-refractivity contribution in [3.63, 3.8) is 0 Å². The summed E-state index contributed by atoms with van der Waals surface area (Å²) in [5.41, 5.74) is 2.21. The van der Waals surface area contributed by atoms with Crippen LogP contribution in [0, 0.1) is 6.92 Å². The molecule has 0 atom stereocenters. The number of hydrogen-bond donors (Lipinski definition) is 1. The lowest BCUT2D eigenvalue weighted by Gasteiger charge is -2.07. The van der Waals surface area contributed by atoms with Gasteiger partial charge in [0.2, 0.25) is 0 Å². The fourth-order valence-corrected chi connectivity index (χ4v) is 1.95. The van der Waals surface area contributed by atoms with Crippen molar-refractivity contribution in [1.82, 2.24) is 29.9 Å². The average molecular weight is 248 g/mol. The van der Waals surface area contributed by atoms with Crippen molar-refractivity contribution in [3.05, 3.63) is 29.6 Å². The summed E-state index contributed by atoms with van der Waals surface area (Å²) in [6, 6.07) is 2.10. The molecule has 6 nitrogen and oxygen atoms in total. The van der Waals surface area contributed by atoms with Crippen molar-refractivity contribution in [2.24, 2.45) is 0 Å². The van der Waals surface area contributed by atoms with E-state index in [2.05, 4.69) is 40.4 Å². The standard InChI is InChI=1S/C12H20N6/c1-4-13-7-12-14-9-15-18(12)8-11-6-10(3)16-17(11)5-2/h6,9,13H,4-5,7-8H2,1-3H3. The Kier molecular flexibility index (Phi) is 4.09. The second-order valence-electron chi connectivity index (χ2n) is 4.21. The Morgan fingerprint density at radius 1 is 1.28 bits per heavy atom. The molecule has 0 aliphatic rings. The topological polar surface area (TPSA) is 60.6 Å². The predicted octanol–water partition coefficient (Wildman–Crippen LogP) is 0.961. The molecule has 0 radical (unpaired) electrons. The molecule has 0 unspecified atom stereocenters. The first-order chi connectivity index (χ1) is 8.74. The summed E-state index contributed by atoms with van der Waals surface area (Å²) in [6.07, 6.45) is 1.60. The second-order valence-corrected chi connectivity index (χ2v) is 4.21. The van der Waals surface area contributed by atoms with Gasteiger partial charge in [0.05, 0.1) is 24.5 Å². The van der Waals surface area contributed by atoms with Crippen LogP contribution in [0.1, 0.15) is 31.1 Å². The quantitative estimate of drug-likeness (QED) is 0.827. The number of nitrogens with zero attached hydrogens (tertiary/aromatic N) is 5. The van der Waals surface area contributed by atoms with Crippen molar-refractivity contribution in [3.8, 4) is 0 Å². The normalized spacial score (nSPS) is 11.1. The SMILES string of the molecule is CCNCc1ncnn1Cc1cc(C)nn1CC. The van der Waals surface area contributed by atoms with Crippen molar-refractivity contribution in [2.45, 2.75) is 40.4 Å². The number of nitrogens with one attached hydrogen (secondary N) is 1. The summed E-state index contributed by atoms with van der Waals surface area (Å²) < 4.78 is 3.93. The van der Waals surface area contributed by atoms with E-state index in [9.17, 15) is 0 Å². The van der Waals surface area contributed by atoms with E-state index < -0.39 is 0 Å². The van der Waals surface area contributed by atoms with Gasteiger partial charge in [-0.2, -0.15) is 10.2 Å². The molecule has 0 amide bonds. The minimum Gasteiger partial charge on any atom is -0.310 e. The van der Waals surface area contributed by atoms with Crippen LogP contribution in [0.3, 0.4) is 0 Å². The molecule has 0 aliphatic carbocycles. The Bertz CT molecular complexity index is 498. The van der Waals surface area contributed by atoms with Gasteiger partial charge in [-0.1, -0.05) is 6.92 Å². The minimum atomic E-state index is 0.718. The van der Waals surface area contributed by atoms with E-state index in [1.165, 1.54) is 5.69 Å². The van der Waals surface area contributed by atoms with Crippen LogP contribution in [-0.4, -0.2) is 31.1 Å². The van der Waals surface area contributed by atoms with Crippen molar-refractivity contribution in [2.75, 3.05) is 6.54 Å². The lowest BCUT2D eigenvalue weighted by molar-refractivity contribution is 0.547. The largest absolute Gasteiger partial charge is 0.310 e. The Morgan fingerprint density at radius 2 is 2.11 bits per heavy atom. The number of aromatic nitrogens is 5. The van der Waals surface area contributed by atoms with E-state index in [-0.39, 0.29) is 0 Å². The van der Waals surface area contributed by atoms with Gasteiger partial charge < -0.3 is 5.32 Å². The highest BCUT2D eigenvalue weighted by molar-refractivity contribution is 5.09. The molecule has 18 heavy (non-hydrogen) atoms. The fourth-order valence-electron chi connectivity index (χ4n) is 1.95. The lowest BCUT2D eigenvalue weighted by atomic mass is 10.3. The Balaban J connectivity index is 2.15. The third-order valence-corrected chi connectivity index (χ3v) is 2.83. The summed E-state index contributed by atoms with van der Waals surface area (Å²) in [4.78, 5) is 4.27. The molecule has 0 fully saturated rings. The van der Waals surface area contributed by atoms with Crippen LogP contribution >= 0.6 is 0 Å². The predicted molar refractivity (Wildman–Crippen MR) is 69.1 cm³/mol. The van der Waals surface area contributed by atoms with Gasteiger partial charge >= 0.3 is 0 Å². The van der Waals surface area contributed by atoms with Crippen molar-refractivity contribution >= 4 is 0 Å². The van der Waals surface area contributed by atoms with Gasteiger partial charge in [0.25, 0.3) is 0 Å². The highest BCUT2D eigenvalue weighted by Crippen LogP contribution is 2.07. The van der Waals surface area contributed by atoms with E-state index in [1.807, 2.05) is 16.3 Å². The molecule has 2 aromatic rings. The molecule has 2 heterocycles. The molecule has 98 valence electrons. The van der Waals surface area contributed by atoms with Crippen LogP contribution in [0.5, 0.6) is 0 Å². The molecule has 2 rings (SSSR count). The van der Waals surface area contributed by atoms with Crippen LogP contribution in [-0.2, 0) is 19.6 Å². The maximum atomic E-state index is 4.44. The fraction of sp³-hybridized carbons (Fsp3) is 0.583. The molecular formula is C12H20N6. The lowest BCUT2D eigenvalue weighted by Crippen LogP contribution is -2.18. The van der Waals surface area contributed by atoms with E-state index >= 15 is 0 Å². The summed E-state index contributed by atoms with van der Waals surface area (Å²) >= 11 is 0. The molecule has 0 saturated carbocycles. The number of hydrogen-bond acceptors (Lipinski definition) is 4. The molecule has 6 heteroatoms. The van der Waals surface area contributed by atoms with Crippen molar-refractivity contribution < 1.29 is 0 Å². The van der Waals surface area contributed by atoms with Crippen molar-refractivity contribution in [1.29, 1.82) is 0 Å². The minimum absolute atomic E-state index is 0.718. The van der Waals surface area contributed by atoms with Gasteiger partial charge in [0.1, 0.15) is 12.2 Å². The van der Waals surface area contributed by atoms with Gasteiger partial charge in [0.15, 0.2) is 0 Å². The number of rotatable bonds is 6. The van der Waals surface area contributed by atoms with Crippen LogP contribution in [0.4, 0.5) is 0 Å². The van der Waals surface area contributed by atoms with Gasteiger partial charge in [-0.3, -0.25) is 4.68 Å². The first-order valence-electron chi connectivity index (χ1n) is 6.35. The van der Waals surface area contributed by atoms with Crippen LogP contribution in [0.15, 0.2) is 12.4 Å². The zero-order valence-electron chi connectivity index (χ0n) is 11.2. The van der Waals surface area contributed by atoms with E-state index in [0.29, 0.717) is 0 Å². The summed E-state index contributed by atoms with van der Waals surface area (Å²) in [6.45, 7) is 9.45. The Labute approximate surface area is 107 Å². The first kappa shape index (κ1) is 12.8. The summed E-state index contributed by atoms with van der Waals surface area (Å²) in [5.74, 6) is 0.957. The maximum Gasteiger partial charge on any atom is 0.141 e. The van der Waals surface area contributed by atoms with Gasteiger partial charge in [-0.25, -0.2) is 9.67 Å². The maximum absolute atomic E-state index is 4.44. The zero-order chi connectivity index (χ0) is 13.0. The first-order valence-corrected chi connectivity index (χ1v) is 6.35. The van der Waals surface area contributed by atoms with Crippen LogP contribution < -0.4 is 5.32 Å². The van der Waals surface area contributed by atoms with Gasteiger partial charge in [-0.05, 0) is 26.5 Å². The highest BCUT2D eigenvalue weighted by Gasteiger charge is 2.09. The van der Waals surface area contributed by atoms with Gasteiger partial charge in [-0.15, -0.1) is 0 Å². The summed E-state index contributed by atoms with van der Waals surface area (Å²) in [7, 11) is 0. The van der Waals surface area contributed by atoms with Gasteiger partial charge in [0, 0.05) is 6.54 Å². The molecular weight excluding hydrogens is 228 g/mol. The number of aryl methyl sites for hydroxylation is 2. The Hall–Kier alpha value is -1.69. The highest BCUT2D eigenvalue weighted by atomic mass is 15.4. The third kappa shape index (κ3) is 2.76. The molecule has 0 aliphatic heterocycles. The van der Waals surface area contributed by atoms with Crippen LogP contribution in [0.2, 0.25) is 0 Å². The zero-order valence-corrected chi connectivity index (χ0v) is 11.2. The molecule has 0 bridgehead atoms. The third-order valence-electron chi connectivity index (χ3n) is 2.83. The second kappa shape index (κ2) is 5.77. The molecule has 0 saturated heterocycles. The molecule has 0 aromatic carbocycles. The van der Waals surface area contributed by atoms with Crippen LogP contribution in [0.25, 0.3) is 0 Å². The smallest absolute Gasteiger partial charge is 0.141 e. The molecule has 2 aromatic heterocycles. The Morgan fingerprint density at radius 3 is 2.83 bits per heavy atom. The molecule has 1 N–H and O–H groups in total. The monoisotopic (exact) mass is 248 g/mol. The van der Waals surface area contributed by atoms with E-state index in [1.54, 1.807) is 6.33 Å². The summed E-state index contributed by atoms with van der Waals surface area (Å²) in [5, 5.41) is 12.0. The molecule has 0 spiro atoms. The average Bonchev–Trinajstić information content (AvgIpc) is 2.94.